The number of aromatic nitrogens is 5. The molecule has 16 heteroatoms. The number of anilines is 2. The quantitative estimate of drug-likeness (QED) is 0.282. The minimum Gasteiger partial charge on any atom is -0.481 e. The summed E-state index contributed by atoms with van der Waals surface area (Å²) in [5, 5.41) is 0. The topological polar surface area (TPSA) is 162 Å². The van der Waals surface area contributed by atoms with Crippen molar-refractivity contribution in [3.8, 4) is 17.3 Å². The third-order valence-corrected chi connectivity index (χ3v) is 7.33. The zero-order valence-corrected chi connectivity index (χ0v) is 23.5. The number of methoxy groups -OCH3 is 1. The number of hydroxylamine groups is 1. The second kappa shape index (κ2) is 11.6. The van der Waals surface area contributed by atoms with Crippen LogP contribution in [0.4, 0.5) is 11.8 Å². The van der Waals surface area contributed by atoms with Crippen molar-refractivity contribution in [3.63, 3.8) is 0 Å². The largest absolute Gasteiger partial charge is 0.481 e. The third kappa shape index (κ3) is 6.41. The highest BCUT2D eigenvalue weighted by molar-refractivity contribution is 7.85. The van der Waals surface area contributed by atoms with Crippen molar-refractivity contribution in [1.29, 1.82) is 0 Å². The van der Waals surface area contributed by atoms with E-state index in [1.165, 1.54) is 12.4 Å². The first kappa shape index (κ1) is 27.6. The summed E-state index contributed by atoms with van der Waals surface area (Å²) in [6.07, 6.45) is 5.10. The molecule has 1 aliphatic rings. The van der Waals surface area contributed by atoms with Gasteiger partial charge in [-0.05, 0) is 12.1 Å². The van der Waals surface area contributed by atoms with Crippen LogP contribution in [-0.2, 0) is 25.7 Å². The lowest BCUT2D eigenvalue weighted by atomic mass is 10.2. The summed E-state index contributed by atoms with van der Waals surface area (Å²) in [4.78, 5) is 39.6. The molecule has 0 spiro atoms. The summed E-state index contributed by atoms with van der Waals surface area (Å²) < 4.78 is 38.2. The van der Waals surface area contributed by atoms with Crippen molar-refractivity contribution in [2.45, 2.75) is 6.54 Å². The number of hydrogen-bond donors (Lipinski definition) is 1. The zero-order valence-electron chi connectivity index (χ0n) is 21.9. The van der Waals surface area contributed by atoms with E-state index in [2.05, 4.69) is 24.1 Å². The smallest absolute Gasteiger partial charge is 0.285 e. The molecule has 0 radical (unpaired) electrons. The van der Waals surface area contributed by atoms with Crippen LogP contribution >= 0.6 is 11.3 Å². The first-order chi connectivity index (χ1) is 19.2. The molecule has 1 N–H and O–H groups in total. The molecular weight excluding hydrogens is 560 g/mol. The van der Waals surface area contributed by atoms with Gasteiger partial charge in [0.05, 0.1) is 48.9 Å². The van der Waals surface area contributed by atoms with Gasteiger partial charge < -0.3 is 19.3 Å². The summed E-state index contributed by atoms with van der Waals surface area (Å²) >= 11 is 1.59. The van der Waals surface area contributed by atoms with E-state index in [0.29, 0.717) is 37.4 Å². The molecule has 0 atom stereocenters. The number of carbonyl (C=O) groups is 1. The number of ether oxygens (including phenoxy) is 2. The molecular formula is C24H26N8O6S2. The molecule has 4 aromatic heterocycles. The molecule has 40 heavy (non-hydrogen) atoms. The molecule has 1 aliphatic heterocycles. The van der Waals surface area contributed by atoms with Crippen LogP contribution in [0.5, 0.6) is 5.88 Å². The van der Waals surface area contributed by atoms with Crippen molar-refractivity contribution in [2.75, 3.05) is 56.5 Å². The van der Waals surface area contributed by atoms with Gasteiger partial charge in [-0.1, -0.05) is 0 Å². The highest BCUT2D eigenvalue weighted by atomic mass is 32.2. The van der Waals surface area contributed by atoms with Crippen molar-refractivity contribution >= 4 is 49.3 Å². The average Bonchev–Trinajstić information content (AvgIpc) is 3.38. The Morgan fingerprint density at radius 2 is 1.90 bits per heavy atom. The van der Waals surface area contributed by atoms with Crippen LogP contribution in [0.1, 0.15) is 15.2 Å². The van der Waals surface area contributed by atoms with Crippen molar-refractivity contribution in [1.82, 2.24) is 30.4 Å². The van der Waals surface area contributed by atoms with Gasteiger partial charge in [0.15, 0.2) is 11.6 Å². The maximum Gasteiger partial charge on any atom is 0.285 e. The maximum absolute atomic E-state index is 12.1. The monoisotopic (exact) mass is 586 g/mol. The standard InChI is InChI=1S/C24H26N8O6S2/c1-31(24-26-12-16(13-27-24)23(33)30-38-40(3,34)35)14-17-10-18-20(39-17)22(32-6-8-37-9-7-32)29-21(28-18)15-4-5-19(36-2)25-11-15/h4-5,10-13H,6-9,14H2,1-3H3,(H,30,33). The second-order valence-corrected chi connectivity index (χ2v) is 11.5. The molecule has 4 aromatic rings. The van der Waals surface area contributed by atoms with Crippen molar-refractivity contribution in [2.24, 2.45) is 0 Å². The molecule has 0 unspecified atom stereocenters. The fourth-order valence-electron chi connectivity index (χ4n) is 3.91. The number of nitrogens with zero attached hydrogens (tertiary/aromatic N) is 7. The molecule has 210 valence electrons. The van der Waals surface area contributed by atoms with Crippen LogP contribution < -0.4 is 20.0 Å². The van der Waals surface area contributed by atoms with Crippen LogP contribution in [0, 0.1) is 0 Å². The fraction of sp³-hybridized carbons (Fsp3) is 0.333. The van der Waals surface area contributed by atoms with E-state index < -0.39 is 16.0 Å². The number of fused-ring (bicyclic) bond motifs is 1. The number of nitrogens with one attached hydrogen (secondary N) is 1. The lowest BCUT2D eigenvalue weighted by molar-refractivity contribution is 0.0771. The highest BCUT2D eigenvalue weighted by Gasteiger charge is 2.21. The van der Waals surface area contributed by atoms with Gasteiger partial charge in [0, 0.05) is 55.2 Å². The van der Waals surface area contributed by atoms with E-state index in [4.69, 9.17) is 19.4 Å². The number of pyridine rings is 1. The molecule has 0 aliphatic carbocycles. The normalized spacial score (nSPS) is 13.8. The molecule has 5 rings (SSSR count). The van der Waals surface area contributed by atoms with Gasteiger partial charge in [-0.2, -0.15) is 8.42 Å². The lowest BCUT2D eigenvalue weighted by Gasteiger charge is -2.28. The molecule has 1 saturated heterocycles. The van der Waals surface area contributed by atoms with Gasteiger partial charge in [0.2, 0.25) is 11.8 Å². The Kier molecular flexibility index (Phi) is 8.02. The molecule has 0 bridgehead atoms. The van der Waals surface area contributed by atoms with E-state index in [1.54, 1.807) is 30.7 Å². The van der Waals surface area contributed by atoms with Gasteiger partial charge in [0.1, 0.15) is 0 Å². The molecule has 1 fully saturated rings. The minimum absolute atomic E-state index is 0.0497. The second-order valence-electron chi connectivity index (χ2n) is 8.83. The van der Waals surface area contributed by atoms with Crippen LogP contribution in [0.15, 0.2) is 36.8 Å². The lowest BCUT2D eigenvalue weighted by Crippen LogP contribution is -2.36. The molecule has 14 nitrogen and oxygen atoms in total. The Labute approximate surface area is 234 Å². The Hall–Kier alpha value is -3.99. The predicted octanol–water partition coefficient (Wildman–Crippen LogP) is 1.65. The fourth-order valence-corrected chi connectivity index (χ4v) is 5.30. The number of morpholine rings is 1. The van der Waals surface area contributed by atoms with E-state index in [-0.39, 0.29) is 5.56 Å². The Bertz CT molecular complexity index is 1610. The molecule has 5 heterocycles. The number of hydrogen-bond acceptors (Lipinski definition) is 14. The SMILES string of the molecule is COc1ccc(-c2nc(N3CCOCC3)c3sc(CN(C)c4ncc(C(=O)NOS(C)(=O)=O)cn4)cc3n2)cn1. The third-order valence-electron chi connectivity index (χ3n) is 5.84. The minimum atomic E-state index is -3.83. The zero-order chi connectivity index (χ0) is 28.3. The highest BCUT2D eigenvalue weighted by Crippen LogP contribution is 2.35. The summed E-state index contributed by atoms with van der Waals surface area (Å²) in [5.41, 5.74) is 3.49. The Morgan fingerprint density at radius 1 is 1.15 bits per heavy atom. The van der Waals surface area contributed by atoms with E-state index in [9.17, 15) is 13.2 Å². The van der Waals surface area contributed by atoms with Crippen molar-refractivity contribution in [3.05, 3.63) is 47.2 Å². The van der Waals surface area contributed by atoms with Gasteiger partial charge in [0.25, 0.3) is 16.0 Å². The molecule has 1 amide bonds. The van der Waals surface area contributed by atoms with E-state index in [1.807, 2.05) is 29.6 Å². The van der Waals surface area contributed by atoms with Crippen LogP contribution in [0.25, 0.3) is 21.6 Å². The average molecular weight is 587 g/mol. The molecule has 0 saturated carbocycles. The summed E-state index contributed by atoms with van der Waals surface area (Å²) in [6, 6.07) is 5.68. The summed E-state index contributed by atoms with van der Waals surface area (Å²) in [6.45, 7) is 3.17. The van der Waals surface area contributed by atoms with Crippen LogP contribution in [0.3, 0.4) is 0 Å². The first-order valence-electron chi connectivity index (χ1n) is 12.1. The van der Waals surface area contributed by atoms with Gasteiger partial charge in [-0.25, -0.2) is 30.4 Å². The van der Waals surface area contributed by atoms with Crippen LogP contribution in [-0.4, -0.2) is 86.0 Å². The Morgan fingerprint density at radius 3 is 2.55 bits per heavy atom. The number of rotatable bonds is 9. The van der Waals surface area contributed by atoms with Gasteiger partial charge in [-0.3, -0.25) is 4.79 Å². The summed E-state index contributed by atoms with van der Waals surface area (Å²) in [5.74, 6) is 1.53. The first-order valence-corrected chi connectivity index (χ1v) is 14.7. The van der Waals surface area contributed by atoms with Crippen molar-refractivity contribution < 1.29 is 27.0 Å². The van der Waals surface area contributed by atoms with Gasteiger partial charge >= 0.3 is 0 Å². The molecule has 0 aromatic carbocycles. The number of carbonyl (C=O) groups excluding carboxylic acids is 1. The van der Waals surface area contributed by atoms with E-state index >= 15 is 0 Å². The predicted molar refractivity (Wildman–Crippen MR) is 148 cm³/mol. The van der Waals surface area contributed by atoms with Gasteiger partial charge in [-0.15, -0.1) is 15.6 Å². The Balaban J connectivity index is 1.39. The summed E-state index contributed by atoms with van der Waals surface area (Å²) in [7, 11) is -0.437. The number of thiophene rings is 1. The van der Waals surface area contributed by atoms with Crippen LogP contribution in [0.2, 0.25) is 0 Å². The number of amides is 1. The van der Waals surface area contributed by atoms with E-state index in [0.717, 1.165) is 45.8 Å². The maximum atomic E-state index is 12.1.